The third-order valence-corrected chi connectivity index (χ3v) is 5.61. The number of nitrogens with zero attached hydrogens (tertiary/aromatic N) is 1. The van der Waals surface area contributed by atoms with Gasteiger partial charge in [0.05, 0.1) is 28.9 Å². The molecule has 1 N–H and O–H groups in total. The van der Waals surface area contributed by atoms with Gasteiger partial charge in [-0.1, -0.05) is 19.9 Å². The number of fused-ring (bicyclic) bond motifs is 1. The number of rotatable bonds is 1. The van der Waals surface area contributed by atoms with Crippen molar-refractivity contribution in [2.75, 3.05) is 19.8 Å². The average Bonchev–Trinajstić information content (AvgIpc) is 3.11. The highest BCUT2D eigenvalue weighted by atomic mass is 32.1. The van der Waals surface area contributed by atoms with E-state index >= 15 is 0 Å². The zero-order chi connectivity index (χ0) is 14.5. The Hall–Kier alpha value is -1.01. The van der Waals surface area contributed by atoms with Gasteiger partial charge in [0.2, 0.25) is 0 Å². The van der Waals surface area contributed by atoms with Crippen molar-refractivity contribution in [3.8, 4) is 0 Å². The highest BCUT2D eigenvalue weighted by molar-refractivity contribution is 7.16. The van der Waals surface area contributed by atoms with Crippen LogP contribution in [0.25, 0.3) is 10.2 Å². The number of hydrogen-bond donors (Lipinski definition) is 1. The molecule has 112 valence electrons. The standard InChI is InChI=1S/C16H20N2O2S/c1-15(2)9-17-13(8-16(15)19-5-6-20-16)11-3-4-14-12(7-11)18-10-21-14/h3-4,7,10,13,17H,5-6,8-9H2,1-2H3/t13-/m0/s1. The number of thiazole rings is 1. The van der Waals surface area contributed by atoms with Gasteiger partial charge in [0, 0.05) is 24.4 Å². The van der Waals surface area contributed by atoms with Gasteiger partial charge in [-0.25, -0.2) is 4.98 Å². The Morgan fingerprint density at radius 2 is 2.10 bits per heavy atom. The van der Waals surface area contributed by atoms with E-state index in [0.29, 0.717) is 13.2 Å². The molecule has 1 aromatic carbocycles. The zero-order valence-corrected chi connectivity index (χ0v) is 13.2. The van der Waals surface area contributed by atoms with E-state index in [0.717, 1.165) is 18.5 Å². The van der Waals surface area contributed by atoms with Gasteiger partial charge < -0.3 is 14.8 Å². The summed E-state index contributed by atoms with van der Waals surface area (Å²) in [6, 6.07) is 6.79. The molecular weight excluding hydrogens is 284 g/mol. The van der Waals surface area contributed by atoms with Crippen LogP contribution in [0.4, 0.5) is 0 Å². The molecule has 4 rings (SSSR count). The first-order valence-corrected chi connectivity index (χ1v) is 8.32. The first kappa shape index (κ1) is 13.6. The normalized spacial score (nSPS) is 27.4. The minimum Gasteiger partial charge on any atom is -0.347 e. The van der Waals surface area contributed by atoms with Gasteiger partial charge in [0.1, 0.15) is 0 Å². The van der Waals surface area contributed by atoms with Crippen molar-refractivity contribution >= 4 is 21.6 Å². The summed E-state index contributed by atoms with van der Waals surface area (Å²) in [5, 5.41) is 3.65. The molecule has 0 unspecified atom stereocenters. The molecule has 2 aromatic rings. The molecule has 0 amide bonds. The molecule has 5 heteroatoms. The fraction of sp³-hybridized carbons (Fsp3) is 0.562. The first-order chi connectivity index (χ1) is 10.1. The molecule has 0 saturated carbocycles. The molecule has 0 radical (unpaired) electrons. The lowest BCUT2D eigenvalue weighted by Crippen LogP contribution is -2.57. The molecule has 1 atom stereocenters. The quantitative estimate of drug-likeness (QED) is 0.879. The van der Waals surface area contributed by atoms with Crippen molar-refractivity contribution in [2.45, 2.75) is 32.1 Å². The highest BCUT2D eigenvalue weighted by Crippen LogP contribution is 2.47. The number of ether oxygens (including phenoxy) is 2. The number of piperidine rings is 1. The lowest BCUT2D eigenvalue weighted by molar-refractivity contribution is -0.246. The van der Waals surface area contributed by atoms with E-state index in [2.05, 4.69) is 42.3 Å². The molecule has 1 aromatic heterocycles. The Kier molecular flexibility index (Phi) is 3.08. The largest absolute Gasteiger partial charge is 0.347 e. The topological polar surface area (TPSA) is 43.4 Å². The fourth-order valence-electron chi connectivity index (χ4n) is 3.42. The van der Waals surface area contributed by atoms with Gasteiger partial charge >= 0.3 is 0 Å². The summed E-state index contributed by atoms with van der Waals surface area (Å²) < 4.78 is 13.3. The van der Waals surface area contributed by atoms with Crippen LogP contribution in [0.1, 0.15) is 31.9 Å². The summed E-state index contributed by atoms with van der Waals surface area (Å²) in [6.45, 7) is 6.70. The number of nitrogens with one attached hydrogen (secondary N) is 1. The maximum absolute atomic E-state index is 6.05. The van der Waals surface area contributed by atoms with Crippen molar-refractivity contribution in [3.63, 3.8) is 0 Å². The van der Waals surface area contributed by atoms with Gasteiger partial charge in [-0.15, -0.1) is 11.3 Å². The molecule has 4 nitrogen and oxygen atoms in total. The molecule has 2 saturated heterocycles. The van der Waals surface area contributed by atoms with Crippen LogP contribution < -0.4 is 5.32 Å². The molecule has 3 heterocycles. The van der Waals surface area contributed by atoms with Crippen LogP contribution in [0.2, 0.25) is 0 Å². The summed E-state index contributed by atoms with van der Waals surface area (Å²) in [5.74, 6) is -0.458. The van der Waals surface area contributed by atoms with E-state index < -0.39 is 5.79 Å². The molecular formula is C16H20N2O2S. The van der Waals surface area contributed by atoms with Crippen LogP contribution >= 0.6 is 11.3 Å². The van der Waals surface area contributed by atoms with E-state index in [9.17, 15) is 0 Å². The van der Waals surface area contributed by atoms with Crippen molar-refractivity contribution in [1.29, 1.82) is 0 Å². The number of benzene rings is 1. The van der Waals surface area contributed by atoms with Gasteiger partial charge in [-0.3, -0.25) is 0 Å². The lowest BCUT2D eigenvalue weighted by Gasteiger charge is -2.48. The maximum atomic E-state index is 6.05. The molecule has 1 spiro atoms. The molecule has 0 aliphatic carbocycles. The monoisotopic (exact) mass is 304 g/mol. The summed E-state index contributed by atoms with van der Waals surface area (Å²) in [7, 11) is 0. The Morgan fingerprint density at radius 3 is 2.90 bits per heavy atom. The van der Waals surface area contributed by atoms with Crippen molar-refractivity contribution in [1.82, 2.24) is 10.3 Å². The second-order valence-electron chi connectivity index (χ2n) is 6.55. The molecule has 2 aliphatic heterocycles. The third-order valence-electron chi connectivity index (χ3n) is 4.80. The number of aromatic nitrogens is 1. The van der Waals surface area contributed by atoms with Crippen molar-refractivity contribution in [2.24, 2.45) is 5.41 Å². The van der Waals surface area contributed by atoms with E-state index in [4.69, 9.17) is 9.47 Å². The SMILES string of the molecule is CC1(C)CN[C@H](c2ccc3scnc3c2)CC12OCCO2. The maximum Gasteiger partial charge on any atom is 0.176 e. The second kappa shape index (κ2) is 4.74. The number of hydrogen-bond acceptors (Lipinski definition) is 5. The first-order valence-electron chi connectivity index (χ1n) is 7.44. The summed E-state index contributed by atoms with van der Waals surface area (Å²) in [4.78, 5) is 4.42. The van der Waals surface area contributed by atoms with Crippen molar-refractivity contribution < 1.29 is 9.47 Å². The Bertz CT molecular complexity index is 661. The van der Waals surface area contributed by atoms with Gasteiger partial charge in [0.25, 0.3) is 0 Å². The predicted molar refractivity (Wildman–Crippen MR) is 83.4 cm³/mol. The zero-order valence-electron chi connectivity index (χ0n) is 12.4. The second-order valence-corrected chi connectivity index (χ2v) is 7.44. The van der Waals surface area contributed by atoms with Crippen LogP contribution in [0, 0.1) is 5.41 Å². The van der Waals surface area contributed by atoms with Crippen LogP contribution in [0.3, 0.4) is 0 Å². The van der Waals surface area contributed by atoms with E-state index in [1.165, 1.54) is 10.3 Å². The van der Waals surface area contributed by atoms with Crippen LogP contribution in [0.5, 0.6) is 0 Å². The summed E-state index contributed by atoms with van der Waals surface area (Å²) >= 11 is 1.68. The fourth-order valence-corrected chi connectivity index (χ4v) is 4.08. The smallest absolute Gasteiger partial charge is 0.176 e. The Labute approximate surface area is 128 Å². The van der Waals surface area contributed by atoms with E-state index in [1.54, 1.807) is 11.3 Å². The average molecular weight is 304 g/mol. The Balaban J connectivity index is 1.66. The van der Waals surface area contributed by atoms with Crippen LogP contribution in [-0.2, 0) is 9.47 Å². The highest BCUT2D eigenvalue weighted by Gasteiger charge is 2.54. The van der Waals surface area contributed by atoms with E-state index in [-0.39, 0.29) is 11.5 Å². The summed E-state index contributed by atoms with van der Waals surface area (Å²) in [6.07, 6.45) is 0.843. The van der Waals surface area contributed by atoms with Gasteiger partial charge in [0.15, 0.2) is 5.79 Å². The molecule has 2 fully saturated rings. The Morgan fingerprint density at radius 1 is 1.29 bits per heavy atom. The molecule has 0 bridgehead atoms. The van der Waals surface area contributed by atoms with Gasteiger partial charge in [-0.2, -0.15) is 0 Å². The molecule has 21 heavy (non-hydrogen) atoms. The van der Waals surface area contributed by atoms with E-state index in [1.807, 2.05) is 5.51 Å². The van der Waals surface area contributed by atoms with Crippen molar-refractivity contribution in [3.05, 3.63) is 29.3 Å². The summed E-state index contributed by atoms with van der Waals surface area (Å²) in [5.41, 5.74) is 4.22. The minimum absolute atomic E-state index is 0.0231. The molecule has 2 aliphatic rings. The van der Waals surface area contributed by atoms with Crippen LogP contribution in [0.15, 0.2) is 23.7 Å². The lowest BCUT2D eigenvalue weighted by atomic mass is 9.75. The van der Waals surface area contributed by atoms with Gasteiger partial charge in [-0.05, 0) is 17.7 Å². The minimum atomic E-state index is -0.458. The predicted octanol–water partition coefficient (Wildman–Crippen LogP) is 3.10. The van der Waals surface area contributed by atoms with Crippen LogP contribution in [-0.4, -0.2) is 30.5 Å². The third kappa shape index (κ3) is 2.11.